The van der Waals surface area contributed by atoms with Crippen molar-refractivity contribution in [3.05, 3.63) is 273 Å². The number of para-hydroxylation sites is 4. The highest BCUT2D eigenvalue weighted by atomic mass is 28.3. The predicted molar refractivity (Wildman–Crippen MR) is 299 cm³/mol. The van der Waals surface area contributed by atoms with Gasteiger partial charge in [0, 0.05) is 49.3 Å². The largest absolute Gasteiger partial charge is 0.309 e. The highest BCUT2D eigenvalue weighted by molar-refractivity contribution is 7.20. The van der Waals surface area contributed by atoms with Gasteiger partial charge < -0.3 is 13.7 Å². The van der Waals surface area contributed by atoms with Gasteiger partial charge in [-0.3, -0.25) is 0 Å². The van der Waals surface area contributed by atoms with Crippen LogP contribution >= 0.6 is 0 Å². The fourth-order valence-electron chi connectivity index (χ4n) is 11.9. The second-order valence-electron chi connectivity index (χ2n) is 18.4. The first-order chi connectivity index (χ1) is 34.8. The van der Waals surface area contributed by atoms with Crippen LogP contribution in [0.1, 0.15) is 0 Å². The molecule has 0 aliphatic rings. The van der Waals surface area contributed by atoms with Crippen molar-refractivity contribution in [3.8, 4) is 28.2 Å². The molecule has 0 saturated heterocycles. The molecule has 328 valence electrons. The molecule has 4 heteroatoms. The van der Waals surface area contributed by atoms with Gasteiger partial charge in [-0.15, -0.1) is 0 Å². The molecule has 3 aromatic heterocycles. The molecule has 0 aliphatic carbocycles. The van der Waals surface area contributed by atoms with E-state index >= 15 is 0 Å². The monoisotopic (exact) mass is 907 g/mol. The molecule has 11 aromatic carbocycles. The Morgan fingerprint density at radius 1 is 0.257 bits per heavy atom. The highest BCUT2D eigenvalue weighted by Crippen LogP contribution is 2.41. The summed E-state index contributed by atoms with van der Waals surface area (Å²) in [6.45, 7) is 0. The molecule has 0 saturated carbocycles. The number of benzene rings is 11. The van der Waals surface area contributed by atoms with Crippen molar-refractivity contribution in [3.63, 3.8) is 0 Å². The zero-order valence-electron chi connectivity index (χ0n) is 38.3. The quantitative estimate of drug-likeness (QED) is 0.107. The first kappa shape index (κ1) is 40.1. The average molecular weight is 908 g/mol. The molecule has 0 amide bonds. The van der Waals surface area contributed by atoms with Gasteiger partial charge in [0.25, 0.3) is 0 Å². The first-order valence-electron chi connectivity index (χ1n) is 24.2. The van der Waals surface area contributed by atoms with E-state index in [1.165, 1.54) is 86.3 Å². The summed E-state index contributed by atoms with van der Waals surface area (Å²) in [5.41, 5.74) is 12.8. The van der Waals surface area contributed by atoms with Crippen LogP contribution in [0.5, 0.6) is 0 Å². The summed E-state index contributed by atoms with van der Waals surface area (Å²) in [5.74, 6) is 0. The third kappa shape index (κ3) is 5.94. The minimum Gasteiger partial charge on any atom is -0.309 e. The van der Waals surface area contributed by atoms with Gasteiger partial charge in [0.2, 0.25) is 0 Å². The van der Waals surface area contributed by atoms with Gasteiger partial charge in [0.05, 0.1) is 38.8 Å². The Balaban J connectivity index is 1.13. The zero-order valence-corrected chi connectivity index (χ0v) is 39.3. The van der Waals surface area contributed by atoms with E-state index in [-0.39, 0.29) is 0 Å². The summed E-state index contributed by atoms with van der Waals surface area (Å²) in [7, 11) is -2.99. The van der Waals surface area contributed by atoms with Crippen LogP contribution in [0.25, 0.3) is 93.6 Å². The predicted octanol–water partition coefficient (Wildman–Crippen LogP) is 14.0. The summed E-state index contributed by atoms with van der Waals surface area (Å²) in [6, 6.07) is 101. The van der Waals surface area contributed by atoms with Gasteiger partial charge in [0.15, 0.2) is 8.07 Å². The average Bonchev–Trinajstić information content (AvgIpc) is 4.08. The lowest BCUT2D eigenvalue weighted by atomic mass is 10.0. The third-order valence-electron chi connectivity index (χ3n) is 14.8. The summed E-state index contributed by atoms with van der Waals surface area (Å²) in [4.78, 5) is 0. The zero-order chi connectivity index (χ0) is 46.2. The van der Waals surface area contributed by atoms with Crippen molar-refractivity contribution >= 4 is 94.2 Å². The molecule has 70 heavy (non-hydrogen) atoms. The topological polar surface area (TPSA) is 14.8 Å². The molecule has 0 fully saturated rings. The van der Waals surface area contributed by atoms with Crippen molar-refractivity contribution in [1.29, 1.82) is 0 Å². The molecular formula is C66H45N3Si. The van der Waals surface area contributed by atoms with Gasteiger partial charge in [0.1, 0.15) is 0 Å². The summed E-state index contributed by atoms with van der Waals surface area (Å²) in [5, 5.41) is 12.9. The number of hydrogen-bond donors (Lipinski definition) is 0. The van der Waals surface area contributed by atoms with E-state index in [1.807, 2.05) is 0 Å². The van der Waals surface area contributed by atoms with Crippen LogP contribution in [0.15, 0.2) is 273 Å². The number of hydrogen-bond acceptors (Lipinski definition) is 0. The number of aromatic nitrogens is 3. The van der Waals surface area contributed by atoms with Crippen LogP contribution < -0.4 is 20.7 Å². The SMILES string of the molecule is c1ccc(-c2ccccc2-n2c3ccccc3c3ccc(-n4c5cc(-n6c7ccccc7c7ccccc76)ccc5c5c([Si](c6ccccc6)(c6ccccc6)c6ccccc6)cccc54)cc32)cc1. The molecule has 0 aliphatic heterocycles. The summed E-state index contributed by atoms with van der Waals surface area (Å²) in [6.07, 6.45) is 0. The maximum atomic E-state index is 2.55. The molecule has 0 unspecified atom stereocenters. The standard InChI is InChI=1S/C66H45N3Si/c1-5-22-46(23-6-1)52-30-13-17-34-58(52)69-61-37-20-16-33-55(61)56-42-40-48(44-63(56)69)68-62-38-21-39-65(70(49-24-7-2-8-25-49,50-26-9-3-10-27-50)51-28-11-4-12-29-51)66(62)57-43-41-47(45-64(57)68)67-59-35-18-14-31-53(59)54-32-15-19-36-60(54)67/h1-45H. The van der Waals surface area contributed by atoms with Gasteiger partial charge in [-0.25, -0.2) is 0 Å². The van der Waals surface area contributed by atoms with Gasteiger partial charge in [-0.05, 0) is 80.9 Å². The van der Waals surface area contributed by atoms with E-state index in [4.69, 9.17) is 0 Å². The van der Waals surface area contributed by atoms with E-state index in [9.17, 15) is 0 Å². The molecule has 3 nitrogen and oxygen atoms in total. The molecule has 0 N–H and O–H groups in total. The fraction of sp³-hybridized carbons (Fsp3) is 0. The Morgan fingerprint density at radius 3 is 1.21 bits per heavy atom. The van der Waals surface area contributed by atoms with Crippen LogP contribution in [0.4, 0.5) is 0 Å². The minimum atomic E-state index is -2.99. The minimum absolute atomic E-state index is 1.11. The lowest BCUT2D eigenvalue weighted by Crippen LogP contribution is -2.74. The molecule has 14 rings (SSSR count). The van der Waals surface area contributed by atoms with Crippen LogP contribution in [0.2, 0.25) is 0 Å². The number of rotatable bonds is 8. The second kappa shape index (κ2) is 16.1. The molecule has 14 aromatic rings. The first-order valence-corrected chi connectivity index (χ1v) is 26.2. The molecule has 0 radical (unpaired) electrons. The van der Waals surface area contributed by atoms with Crippen molar-refractivity contribution in [2.45, 2.75) is 0 Å². The highest BCUT2D eigenvalue weighted by Gasteiger charge is 2.43. The Labute approximate surface area is 407 Å². The normalized spacial score (nSPS) is 12.0. The van der Waals surface area contributed by atoms with Crippen LogP contribution in [0.3, 0.4) is 0 Å². The van der Waals surface area contributed by atoms with E-state index in [1.54, 1.807) is 0 Å². The van der Waals surface area contributed by atoms with Crippen molar-refractivity contribution in [2.75, 3.05) is 0 Å². The number of nitrogens with zero attached hydrogens (tertiary/aromatic N) is 3. The van der Waals surface area contributed by atoms with Crippen LogP contribution in [-0.2, 0) is 0 Å². The van der Waals surface area contributed by atoms with Crippen molar-refractivity contribution in [2.24, 2.45) is 0 Å². The van der Waals surface area contributed by atoms with Gasteiger partial charge >= 0.3 is 0 Å². The van der Waals surface area contributed by atoms with E-state index in [0.29, 0.717) is 0 Å². The van der Waals surface area contributed by atoms with Crippen LogP contribution in [-0.4, -0.2) is 21.8 Å². The molecule has 3 heterocycles. The Hall–Kier alpha value is -8.96. The lowest BCUT2D eigenvalue weighted by Gasteiger charge is -2.35. The molecule has 0 spiro atoms. The Morgan fingerprint density at radius 2 is 0.657 bits per heavy atom. The molecule has 0 bridgehead atoms. The second-order valence-corrected chi connectivity index (χ2v) is 22.2. The van der Waals surface area contributed by atoms with Crippen molar-refractivity contribution in [1.82, 2.24) is 13.7 Å². The Bertz CT molecular complexity index is 4130. The summed E-state index contributed by atoms with van der Waals surface area (Å²) < 4.78 is 7.49. The third-order valence-corrected chi connectivity index (χ3v) is 19.6. The fourth-order valence-corrected chi connectivity index (χ4v) is 16.9. The van der Waals surface area contributed by atoms with E-state index in [0.717, 1.165) is 28.1 Å². The molecular weight excluding hydrogens is 863 g/mol. The smallest absolute Gasteiger partial charge is 0.180 e. The van der Waals surface area contributed by atoms with Crippen molar-refractivity contribution < 1.29 is 0 Å². The van der Waals surface area contributed by atoms with E-state index < -0.39 is 8.07 Å². The maximum absolute atomic E-state index is 2.99. The number of fused-ring (bicyclic) bond motifs is 9. The Kier molecular flexibility index (Phi) is 9.23. The van der Waals surface area contributed by atoms with Gasteiger partial charge in [-0.2, -0.15) is 0 Å². The maximum Gasteiger partial charge on any atom is 0.180 e. The lowest BCUT2D eigenvalue weighted by molar-refractivity contribution is 1.15. The molecule has 0 atom stereocenters. The van der Waals surface area contributed by atoms with E-state index in [2.05, 4.69) is 287 Å². The summed E-state index contributed by atoms with van der Waals surface area (Å²) >= 11 is 0. The van der Waals surface area contributed by atoms with Gasteiger partial charge in [-0.1, -0.05) is 218 Å². The van der Waals surface area contributed by atoms with Crippen LogP contribution in [0, 0.1) is 0 Å².